The highest BCUT2D eigenvalue weighted by molar-refractivity contribution is 5.36. The minimum absolute atomic E-state index is 0.185. The molecule has 1 aliphatic carbocycles. The van der Waals surface area contributed by atoms with Crippen LogP contribution in [0.5, 0.6) is 0 Å². The third-order valence-corrected chi connectivity index (χ3v) is 5.10. The fourth-order valence-electron chi connectivity index (χ4n) is 3.78. The molecule has 0 bridgehead atoms. The molecular formula is C19H28N6O. The van der Waals surface area contributed by atoms with Crippen molar-refractivity contribution >= 4 is 5.82 Å². The van der Waals surface area contributed by atoms with Crippen molar-refractivity contribution in [3.63, 3.8) is 0 Å². The van der Waals surface area contributed by atoms with Crippen LogP contribution in [0.25, 0.3) is 5.69 Å². The van der Waals surface area contributed by atoms with E-state index in [9.17, 15) is 4.79 Å². The van der Waals surface area contributed by atoms with Gasteiger partial charge >= 0.3 is 5.69 Å². The zero-order valence-electron chi connectivity index (χ0n) is 15.2. The number of hydrogen-bond donors (Lipinski definition) is 3. The first kappa shape index (κ1) is 18.6. The maximum atomic E-state index is 12.0. The normalized spacial score (nSPS) is 23.3. The smallest absolute Gasteiger partial charge is 0.354 e. The molecule has 0 radical (unpaired) electrons. The van der Waals surface area contributed by atoms with Gasteiger partial charge in [-0.05, 0) is 49.6 Å². The van der Waals surface area contributed by atoms with Crippen LogP contribution in [0.2, 0.25) is 0 Å². The topological polar surface area (TPSA) is 116 Å². The summed E-state index contributed by atoms with van der Waals surface area (Å²) in [7, 11) is 0. The van der Waals surface area contributed by atoms with E-state index in [-0.39, 0.29) is 23.6 Å². The molecule has 1 heterocycles. The van der Waals surface area contributed by atoms with Gasteiger partial charge in [-0.3, -0.25) is 9.47 Å². The van der Waals surface area contributed by atoms with E-state index < -0.39 is 0 Å². The summed E-state index contributed by atoms with van der Waals surface area (Å²) in [5.41, 5.74) is 19.4. The van der Waals surface area contributed by atoms with Crippen molar-refractivity contribution in [3.05, 3.63) is 52.6 Å². The summed E-state index contributed by atoms with van der Waals surface area (Å²) in [5.74, 6) is 0.227. The number of nitrogens with zero attached hydrogens (tertiary/aromatic N) is 3. The number of benzene rings is 1. The highest BCUT2D eigenvalue weighted by Gasteiger charge is 2.28. The molecule has 6 N–H and O–H groups in total. The van der Waals surface area contributed by atoms with E-state index in [1.54, 1.807) is 12.3 Å². The molecular weight excluding hydrogens is 328 g/mol. The molecule has 0 saturated heterocycles. The Labute approximate surface area is 153 Å². The van der Waals surface area contributed by atoms with Crippen molar-refractivity contribution in [2.75, 3.05) is 12.3 Å². The minimum atomic E-state index is -0.377. The van der Waals surface area contributed by atoms with Crippen LogP contribution >= 0.6 is 0 Å². The van der Waals surface area contributed by atoms with Crippen molar-refractivity contribution in [2.24, 2.45) is 11.5 Å². The van der Waals surface area contributed by atoms with Crippen molar-refractivity contribution in [1.82, 2.24) is 14.5 Å². The van der Waals surface area contributed by atoms with Crippen LogP contribution in [0.4, 0.5) is 5.82 Å². The first-order valence-electron chi connectivity index (χ1n) is 9.16. The third kappa shape index (κ3) is 4.30. The number of nitrogens with two attached hydrogens (primary N) is 3. The third-order valence-electron chi connectivity index (χ3n) is 5.10. The molecule has 1 aliphatic rings. The molecule has 2 aromatic rings. The van der Waals surface area contributed by atoms with Crippen molar-refractivity contribution in [3.8, 4) is 5.69 Å². The largest absolute Gasteiger partial charge is 0.383 e. The molecule has 3 atom stereocenters. The molecule has 1 aromatic heterocycles. The lowest BCUT2D eigenvalue weighted by atomic mass is 9.87. The van der Waals surface area contributed by atoms with Gasteiger partial charge in [0.25, 0.3) is 0 Å². The SMILES string of the molecule is CCN(Cc1ccc(-n2ccc(N)nc2=O)cc1)C1C[C@@H](N)C[C@@H](N)C1. The summed E-state index contributed by atoms with van der Waals surface area (Å²) in [6.07, 6.45) is 4.54. The van der Waals surface area contributed by atoms with Gasteiger partial charge in [-0.15, -0.1) is 0 Å². The van der Waals surface area contributed by atoms with Gasteiger partial charge in [0.15, 0.2) is 0 Å². The highest BCUT2D eigenvalue weighted by atomic mass is 16.1. The molecule has 0 aliphatic heterocycles. The zero-order chi connectivity index (χ0) is 18.7. The highest BCUT2D eigenvalue weighted by Crippen LogP contribution is 2.23. The van der Waals surface area contributed by atoms with Gasteiger partial charge < -0.3 is 17.2 Å². The van der Waals surface area contributed by atoms with Crippen LogP contribution in [0.1, 0.15) is 31.7 Å². The van der Waals surface area contributed by atoms with Crippen LogP contribution in [0, 0.1) is 0 Å². The quantitative estimate of drug-likeness (QED) is 0.731. The monoisotopic (exact) mass is 356 g/mol. The summed E-state index contributed by atoms with van der Waals surface area (Å²) in [5, 5.41) is 0. The number of rotatable bonds is 5. The number of hydrogen-bond acceptors (Lipinski definition) is 6. The molecule has 1 fully saturated rings. The zero-order valence-corrected chi connectivity index (χ0v) is 15.2. The summed E-state index contributed by atoms with van der Waals surface area (Å²) < 4.78 is 1.48. The van der Waals surface area contributed by atoms with Gasteiger partial charge in [-0.2, -0.15) is 4.98 Å². The van der Waals surface area contributed by atoms with Gasteiger partial charge in [0.05, 0.1) is 5.69 Å². The lowest BCUT2D eigenvalue weighted by Gasteiger charge is -2.38. The predicted molar refractivity (Wildman–Crippen MR) is 104 cm³/mol. The van der Waals surface area contributed by atoms with Gasteiger partial charge in [-0.1, -0.05) is 19.1 Å². The number of anilines is 1. The summed E-state index contributed by atoms with van der Waals surface area (Å²) in [6, 6.07) is 10.4. The van der Waals surface area contributed by atoms with E-state index in [1.807, 2.05) is 24.3 Å². The second kappa shape index (κ2) is 7.99. The fourth-order valence-corrected chi connectivity index (χ4v) is 3.78. The molecule has 7 heteroatoms. The average Bonchev–Trinajstić information content (AvgIpc) is 2.59. The van der Waals surface area contributed by atoms with E-state index in [0.717, 1.165) is 38.0 Å². The van der Waals surface area contributed by atoms with Crippen molar-refractivity contribution < 1.29 is 0 Å². The summed E-state index contributed by atoms with van der Waals surface area (Å²) in [6.45, 7) is 3.96. The molecule has 0 amide bonds. The number of aromatic nitrogens is 2. The molecule has 1 unspecified atom stereocenters. The van der Waals surface area contributed by atoms with Crippen LogP contribution < -0.4 is 22.9 Å². The molecule has 140 valence electrons. The van der Waals surface area contributed by atoms with Crippen molar-refractivity contribution in [1.29, 1.82) is 0 Å². The Kier molecular flexibility index (Phi) is 5.70. The van der Waals surface area contributed by atoms with E-state index in [0.29, 0.717) is 6.04 Å². The van der Waals surface area contributed by atoms with Gasteiger partial charge in [0, 0.05) is 30.9 Å². The Morgan fingerprint density at radius 1 is 1.12 bits per heavy atom. The van der Waals surface area contributed by atoms with Crippen LogP contribution in [-0.4, -0.2) is 39.1 Å². The minimum Gasteiger partial charge on any atom is -0.383 e. The molecule has 1 aromatic carbocycles. The molecule has 26 heavy (non-hydrogen) atoms. The Morgan fingerprint density at radius 3 is 2.35 bits per heavy atom. The Morgan fingerprint density at radius 2 is 1.77 bits per heavy atom. The second-order valence-corrected chi connectivity index (χ2v) is 7.12. The standard InChI is InChI=1S/C19H28N6O/c1-2-24(17-10-14(20)9-15(21)11-17)12-13-3-5-16(6-4-13)25-8-7-18(22)23-19(25)26/h3-8,14-15,17H,2,9-12,20-21H2,1H3,(H2,22,23,26)/t14-,15+,17?. The number of nitrogen functional groups attached to an aromatic ring is 1. The molecule has 7 nitrogen and oxygen atoms in total. The van der Waals surface area contributed by atoms with Gasteiger partial charge in [0.1, 0.15) is 5.82 Å². The Balaban J connectivity index is 1.72. The molecule has 0 spiro atoms. The summed E-state index contributed by atoms with van der Waals surface area (Å²) >= 11 is 0. The lowest BCUT2D eigenvalue weighted by Crippen LogP contribution is -2.48. The van der Waals surface area contributed by atoms with E-state index >= 15 is 0 Å². The van der Waals surface area contributed by atoms with Crippen LogP contribution in [0.3, 0.4) is 0 Å². The Hall–Kier alpha value is -2.22. The van der Waals surface area contributed by atoms with E-state index in [4.69, 9.17) is 17.2 Å². The van der Waals surface area contributed by atoms with Crippen LogP contribution in [-0.2, 0) is 6.54 Å². The van der Waals surface area contributed by atoms with Gasteiger partial charge in [0.2, 0.25) is 0 Å². The van der Waals surface area contributed by atoms with Crippen molar-refractivity contribution in [2.45, 2.75) is 50.9 Å². The predicted octanol–water partition coefficient (Wildman–Crippen LogP) is 0.844. The Bertz CT molecular complexity index is 777. The first-order chi connectivity index (χ1) is 12.5. The fraction of sp³-hybridized carbons (Fsp3) is 0.474. The molecule has 1 saturated carbocycles. The lowest BCUT2D eigenvalue weighted by molar-refractivity contribution is 0.137. The molecule has 3 rings (SSSR count). The van der Waals surface area contributed by atoms with E-state index in [1.165, 1.54) is 10.1 Å². The maximum absolute atomic E-state index is 12.0. The van der Waals surface area contributed by atoms with Gasteiger partial charge in [-0.25, -0.2) is 4.79 Å². The van der Waals surface area contributed by atoms with E-state index in [2.05, 4.69) is 16.8 Å². The average molecular weight is 356 g/mol. The summed E-state index contributed by atoms with van der Waals surface area (Å²) in [4.78, 5) is 18.2. The van der Waals surface area contributed by atoms with Crippen LogP contribution in [0.15, 0.2) is 41.3 Å². The second-order valence-electron chi connectivity index (χ2n) is 7.12. The first-order valence-corrected chi connectivity index (χ1v) is 9.16. The maximum Gasteiger partial charge on any atom is 0.354 e.